The number of nitrogens with one attached hydrogen (secondary N) is 1. The number of hydrogen-bond acceptors (Lipinski definition) is 11. The van der Waals surface area contributed by atoms with E-state index in [-0.39, 0.29) is 62.1 Å². The normalized spacial score (nSPS) is 13.0. The van der Waals surface area contributed by atoms with Crippen LogP contribution in [0, 0.1) is 11.8 Å². The predicted molar refractivity (Wildman–Crippen MR) is 143 cm³/mol. The fraction of sp³-hybridized carbons (Fsp3) is 0.643. The molecule has 0 saturated carbocycles. The van der Waals surface area contributed by atoms with Gasteiger partial charge in [-0.15, -0.1) is 0 Å². The Labute approximate surface area is 230 Å². The molecule has 39 heavy (non-hydrogen) atoms. The third kappa shape index (κ3) is 13.9. The lowest BCUT2D eigenvalue weighted by Gasteiger charge is -2.18. The van der Waals surface area contributed by atoms with E-state index in [1.165, 1.54) is 19.2 Å². The van der Waals surface area contributed by atoms with Crippen molar-refractivity contribution in [2.45, 2.75) is 72.8 Å². The van der Waals surface area contributed by atoms with Gasteiger partial charge in [0.1, 0.15) is 12.6 Å². The van der Waals surface area contributed by atoms with Crippen LogP contribution in [0.4, 0.5) is 9.59 Å². The van der Waals surface area contributed by atoms with E-state index in [1.54, 1.807) is 6.07 Å². The van der Waals surface area contributed by atoms with Gasteiger partial charge in [0.2, 0.25) is 0 Å². The van der Waals surface area contributed by atoms with Gasteiger partial charge in [-0.1, -0.05) is 53.5 Å². The maximum atomic E-state index is 12.4. The summed E-state index contributed by atoms with van der Waals surface area (Å²) in [5, 5.41) is 3.01. The van der Waals surface area contributed by atoms with Crippen molar-refractivity contribution in [3.63, 3.8) is 0 Å². The van der Waals surface area contributed by atoms with Gasteiger partial charge in [0.25, 0.3) is 0 Å². The maximum Gasteiger partial charge on any atom is 0.513 e. The molecule has 3 atom stereocenters. The summed E-state index contributed by atoms with van der Waals surface area (Å²) in [6, 6.07) is 3.75. The highest BCUT2D eigenvalue weighted by atomic mass is 16.7. The minimum absolute atomic E-state index is 0.0428. The summed E-state index contributed by atoms with van der Waals surface area (Å²) in [6.07, 6.45) is 0.902. The van der Waals surface area contributed by atoms with E-state index in [4.69, 9.17) is 28.4 Å². The van der Waals surface area contributed by atoms with Crippen LogP contribution in [-0.2, 0) is 35.0 Å². The fourth-order valence-electron chi connectivity index (χ4n) is 3.03. The van der Waals surface area contributed by atoms with E-state index >= 15 is 0 Å². The lowest BCUT2D eigenvalue weighted by atomic mass is 10.1. The molecule has 0 aliphatic carbocycles. The zero-order valence-corrected chi connectivity index (χ0v) is 23.9. The molecular weight excluding hydrogens is 510 g/mol. The van der Waals surface area contributed by atoms with Gasteiger partial charge < -0.3 is 33.7 Å². The molecule has 1 N–H and O–H groups in total. The Morgan fingerprint density at radius 1 is 0.846 bits per heavy atom. The Balaban J connectivity index is 3.01. The van der Waals surface area contributed by atoms with Crippen LogP contribution in [0.3, 0.4) is 0 Å². The average Bonchev–Trinajstić information content (AvgIpc) is 2.92. The van der Waals surface area contributed by atoms with E-state index in [1.807, 2.05) is 34.6 Å². The second kappa shape index (κ2) is 18.8. The van der Waals surface area contributed by atoms with Crippen molar-refractivity contribution in [1.29, 1.82) is 0 Å². The van der Waals surface area contributed by atoms with Crippen LogP contribution in [-0.4, -0.2) is 63.8 Å². The highest BCUT2D eigenvalue weighted by molar-refractivity contribution is 5.76. The summed E-state index contributed by atoms with van der Waals surface area (Å²) >= 11 is 0. The van der Waals surface area contributed by atoms with Gasteiger partial charge in [-0.3, -0.25) is 9.59 Å². The molecule has 1 aromatic carbocycles. The molecule has 1 rings (SSSR count). The van der Waals surface area contributed by atoms with Gasteiger partial charge in [-0.05, 0) is 42.4 Å². The summed E-state index contributed by atoms with van der Waals surface area (Å²) in [5.41, 5.74) is 0.575. The molecule has 0 aromatic heterocycles. The van der Waals surface area contributed by atoms with Crippen molar-refractivity contribution in [1.82, 2.24) is 5.32 Å². The minimum Gasteiger partial charge on any atom is -0.468 e. The molecule has 0 aliphatic heterocycles. The van der Waals surface area contributed by atoms with Crippen molar-refractivity contribution in [2.24, 2.45) is 11.8 Å². The smallest absolute Gasteiger partial charge is 0.468 e. The summed E-state index contributed by atoms with van der Waals surface area (Å²) < 4.78 is 31.0. The monoisotopic (exact) mass is 553 g/mol. The number of methoxy groups -OCH3 is 1. The molecular formula is C28H43NO10. The number of benzene rings is 1. The van der Waals surface area contributed by atoms with Crippen LogP contribution >= 0.6 is 0 Å². The van der Waals surface area contributed by atoms with E-state index in [9.17, 15) is 19.2 Å². The Morgan fingerprint density at radius 2 is 1.44 bits per heavy atom. The summed E-state index contributed by atoms with van der Waals surface area (Å²) in [7, 11) is 1.27. The van der Waals surface area contributed by atoms with Crippen molar-refractivity contribution >= 4 is 24.2 Å². The Morgan fingerprint density at radius 3 is 1.97 bits per heavy atom. The van der Waals surface area contributed by atoms with Gasteiger partial charge in [0, 0.05) is 13.0 Å². The summed E-state index contributed by atoms with van der Waals surface area (Å²) in [5.74, 6) is -0.654. The largest absolute Gasteiger partial charge is 0.513 e. The molecule has 0 spiro atoms. The van der Waals surface area contributed by atoms with Crippen LogP contribution < -0.4 is 14.8 Å². The molecule has 1 aromatic rings. The number of carbonyl (C=O) groups is 4. The molecule has 0 aliphatic rings. The van der Waals surface area contributed by atoms with Crippen LogP contribution in [0.2, 0.25) is 0 Å². The Kier molecular flexibility index (Phi) is 16.3. The molecule has 0 fully saturated rings. The first-order valence-corrected chi connectivity index (χ1v) is 13.4. The summed E-state index contributed by atoms with van der Waals surface area (Å²) in [4.78, 5) is 48.5. The lowest BCUT2D eigenvalue weighted by Crippen LogP contribution is -2.41. The zero-order chi connectivity index (χ0) is 29.2. The van der Waals surface area contributed by atoms with E-state index in [0.29, 0.717) is 18.4 Å². The molecule has 0 amide bonds. The number of hydrogen-bond donors (Lipinski definition) is 1. The third-order valence-electron chi connectivity index (χ3n) is 5.90. The fourth-order valence-corrected chi connectivity index (χ4v) is 3.03. The first kappa shape index (κ1) is 33.7. The van der Waals surface area contributed by atoms with Crippen LogP contribution in [0.25, 0.3) is 0 Å². The van der Waals surface area contributed by atoms with Crippen LogP contribution in [0.1, 0.15) is 65.9 Å². The SMILES string of the molecule is CCCC(=O)OCCN[C@@H](Cc1ccc(OC(=O)OCC(C)CC)c(OC(=O)OCC(C)CC)c1)C(=O)OC. The Bertz CT molecular complexity index is 920. The van der Waals surface area contributed by atoms with Gasteiger partial charge in [-0.25, -0.2) is 9.59 Å². The number of ether oxygens (including phenoxy) is 6. The first-order chi connectivity index (χ1) is 18.6. The maximum absolute atomic E-state index is 12.4. The Hall–Kier alpha value is -3.34. The van der Waals surface area contributed by atoms with Crippen molar-refractivity contribution in [2.75, 3.05) is 33.5 Å². The predicted octanol–water partition coefficient (Wildman–Crippen LogP) is 4.83. The van der Waals surface area contributed by atoms with E-state index in [2.05, 4.69) is 5.32 Å². The highest BCUT2D eigenvalue weighted by Gasteiger charge is 2.22. The molecule has 2 unspecified atom stereocenters. The van der Waals surface area contributed by atoms with Gasteiger partial charge >= 0.3 is 24.2 Å². The topological polar surface area (TPSA) is 136 Å². The van der Waals surface area contributed by atoms with Gasteiger partial charge in [0.05, 0.1) is 20.3 Å². The molecule has 11 nitrogen and oxygen atoms in total. The highest BCUT2D eigenvalue weighted by Crippen LogP contribution is 2.30. The molecule has 0 bridgehead atoms. The zero-order valence-electron chi connectivity index (χ0n) is 23.9. The standard InChI is InChI=1S/C28H43NO10/c1-7-10-25(30)35-14-13-29-22(26(31)34-6)15-21-11-12-23(38-27(32)36-17-19(4)8-2)24(16-21)39-28(33)37-18-20(5)9-3/h11-12,16,19-20,22,29H,7-10,13-15,17-18H2,1-6H3/t19?,20?,22-/m0/s1. The number of carbonyl (C=O) groups excluding carboxylic acids is 4. The average molecular weight is 554 g/mol. The molecule has 11 heteroatoms. The van der Waals surface area contributed by atoms with Crippen LogP contribution in [0.5, 0.6) is 11.5 Å². The van der Waals surface area contributed by atoms with Crippen LogP contribution in [0.15, 0.2) is 18.2 Å². The lowest BCUT2D eigenvalue weighted by molar-refractivity contribution is -0.144. The van der Waals surface area contributed by atoms with Crippen molar-refractivity contribution < 1.29 is 47.6 Å². The molecule has 0 saturated heterocycles. The summed E-state index contributed by atoms with van der Waals surface area (Å²) in [6.45, 7) is 10.4. The molecule has 0 heterocycles. The second-order valence-corrected chi connectivity index (χ2v) is 9.34. The first-order valence-electron chi connectivity index (χ1n) is 13.4. The second-order valence-electron chi connectivity index (χ2n) is 9.34. The van der Waals surface area contributed by atoms with Crippen molar-refractivity contribution in [3.8, 4) is 11.5 Å². The van der Waals surface area contributed by atoms with E-state index < -0.39 is 24.3 Å². The molecule has 220 valence electrons. The molecule has 0 radical (unpaired) electrons. The number of esters is 2. The number of rotatable bonds is 17. The minimum atomic E-state index is -0.957. The van der Waals surface area contributed by atoms with Crippen molar-refractivity contribution in [3.05, 3.63) is 23.8 Å². The van der Waals surface area contributed by atoms with Gasteiger partial charge in [-0.2, -0.15) is 0 Å². The van der Waals surface area contributed by atoms with Gasteiger partial charge in [0.15, 0.2) is 11.5 Å². The quantitative estimate of drug-likeness (QED) is 0.123. The third-order valence-corrected chi connectivity index (χ3v) is 5.90. The van der Waals surface area contributed by atoms with E-state index in [0.717, 1.165) is 12.8 Å².